The minimum Gasteiger partial charge on any atom is -0.379 e. The summed E-state index contributed by atoms with van der Waals surface area (Å²) in [6, 6.07) is 12.1. The molecule has 0 aliphatic carbocycles. The molecular formula is C13H12Br2N2. The van der Waals surface area contributed by atoms with Crippen molar-refractivity contribution >= 4 is 37.5 Å². The van der Waals surface area contributed by atoms with Gasteiger partial charge in [0.1, 0.15) is 4.60 Å². The molecule has 4 heteroatoms. The van der Waals surface area contributed by atoms with Gasteiger partial charge in [-0.05, 0) is 52.7 Å². The lowest BCUT2D eigenvalue weighted by Crippen LogP contribution is -2.01. The quantitative estimate of drug-likeness (QED) is 0.818. The van der Waals surface area contributed by atoms with Gasteiger partial charge in [-0.15, -0.1) is 0 Å². The Morgan fingerprint density at radius 2 is 2.00 bits per heavy atom. The van der Waals surface area contributed by atoms with Gasteiger partial charge in [0.25, 0.3) is 0 Å². The number of pyridine rings is 1. The molecule has 0 unspecified atom stereocenters. The van der Waals surface area contributed by atoms with E-state index in [2.05, 4.69) is 67.3 Å². The van der Waals surface area contributed by atoms with E-state index in [0.29, 0.717) is 0 Å². The van der Waals surface area contributed by atoms with E-state index >= 15 is 0 Å². The molecule has 2 aromatic rings. The van der Waals surface area contributed by atoms with Crippen molar-refractivity contribution in [2.75, 3.05) is 5.32 Å². The van der Waals surface area contributed by atoms with Gasteiger partial charge >= 0.3 is 0 Å². The highest BCUT2D eigenvalue weighted by molar-refractivity contribution is 9.10. The zero-order chi connectivity index (χ0) is 12.3. The largest absolute Gasteiger partial charge is 0.379 e. The maximum absolute atomic E-state index is 4.37. The van der Waals surface area contributed by atoms with Gasteiger partial charge in [-0.3, -0.25) is 0 Å². The summed E-state index contributed by atoms with van der Waals surface area (Å²) in [5.41, 5.74) is 3.33. The fraction of sp³-hybridized carbons (Fsp3) is 0.154. The van der Waals surface area contributed by atoms with Crippen LogP contribution >= 0.6 is 31.9 Å². The molecule has 0 saturated heterocycles. The van der Waals surface area contributed by atoms with Crippen LogP contribution in [0.25, 0.3) is 0 Å². The third-order valence-corrected chi connectivity index (χ3v) is 3.71. The van der Waals surface area contributed by atoms with Gasteiger partial charge in [-0.2, -0.15) is 0 Å². The van der Waals surface area contributed by atoms with Crippen LogP contribution in [-0.4, -0.2) is 4.98 Å². The topological polar surface area (TPSA) is 24.9 Å². The van der Waals surface area contributed by atoms with Gasteiger partial charge in [0.05, 0.1) is 12.2 Å². The molecule has 2 rings (SSSR count). The zero-order valence-corrected chi connectivity index (χ0v) is 12.5. The van der Waals surface area contributed by atoms with E-state index in [0.717, 1.165) is 27.0 Å². The Balaban J connectivity index is 2.05. The van der Waals surface area contributed by atoms with Crippen molar-refractivity contribution in [1.29, 1.82) is 0 Å². The first kappa shape index (κ1) is 12.6. The number of aromatic nitrogens is 1. The average molecular weight is 356 g/mol. The SMILES string of the molecule is Cc1ccc(NCc2cccc(Br)n2)cc1Br. The monoisotopic (exact) mass is 354 g/mol. The minimum atomic E-state index is 0.717. The number of halogens is 2. The molecule has 0 aliphatic heterocycles. The first-order chi connectivity index (χ1) is 8.15. The van der Waals surface area contributed by atoms with E-state index in [9.17, 15) is 0 Å². The number of hydrogen-bond acceptors (Lipinski definition) is 2. The van der Waals surface area contributed by atoms with Crippen molar-refractivity contribution in [3.8, 4) is 0 Å². The molecule has 1 N–H and O–H groups in total. The second-order valence-corrected chi connectivity index (χ2v) is 5.44. The van der Waals surface area contributed by atoms with Crippen LogP contribution in [0.5, 0.6) is 0 Å². The Morgan fingerprint density at radius 1 is 1.18 bits per heavy atom. The molecule has 17 heavy (non-hydrogen) atoms. The van der Waals surface area contributed by atoms with Crippen molar-refractivity contribution in [3.63, 3.8) is 0 Å². The molecule has 0 saturated carbocycles. The molecule has 0 amide bonds. The van der Waals surface area contributed by atoms with E-state index in [4.69, 9.17) is 0 Å². The van der Waals surface area contributed by atoms with Crippen LogP contribution in [0.15, 0.2) is 45.5 Å². The van der Waals surface area contributed by atoms with Crippen molar-refractivity contribution < 1.29 is 0 Å². The van der Waals surface area contributed by atoms with Crippen LogP contribution in [0.3, 0.4) is 0 Å². The van der Waals surface area contributed by atoms with E-state index in [1.807, 2.05) is 18.2 Å². The second-order valence-electron chi connectivity index (χ2n) is 3.77. The van der Waals surface area contributed by atoms with Crippen molar-refractivity contribution in [2.45, 2.75) is 13.5 Å². The Labute approximate surface area is 118 Å². The molecule has 1 aromatic carbocycles. The number of rotatable bonds is 3. The Hall–Kier alpha value is -0.870. The standard InChI is InChI=1S/C13H12Br2N2/c1-9-5-6-10(7-12(9)14)16-8-11-3-2-4-13(15)17-11/h2-7,16H,8H2,1H3. The summed E-state index contributed by atoms with van der Waals surface area (Å²) in [4.78, 5) is 4.37. The number of anilines is 1. The Morgan fingerprint density at radius 3 is 2.71 bits per heavy atom. The summed E-state index contributed by atoms with van der Waals surface area (Å²) in [6.07, 6.45) is 0. The number of nitrogens with zero attached hydrogens (tertiary/aromatic N) is 1. The molecule has 0 fully saturated rings. The van der Waals surface area contributed by atoms with Crippen molar-refractivity contribution in [3.05, 3.63) is 56.7 Å². The van der Waals surface area contributed by atoms with Gasteiger partial charge in [-0.25, -0.2) is 4.98 Å². The highest BCUT2D eigenvalue weighted by Crippen LogP contribution is 2.21. The van der Waals surface area contributed by atoms with E-state index in [1.54, 1.807) is 0 Å². The van der Waals surface area contributed by atoms with Crippen LogP contribution < -0.4 is 5.32 Å². The second kappa shape index (κ2) is 5.65. The van der Waals surface area contributed by atoms with E-state index in [-0.39, 0.29) is 0 Å². The highest BCUT2D eigenvalue weighted by atomic mass is 79.9. The maximum atomic E-state index is 4.37. The minimum absolute atomic E-state index is 0.717. The van der Waals surface area contributed by atoms with Crippen LogP contribution in [0.4, 0.5) is 5.69 Å². The molecule has 0 atom stereocenters. The summed E-state index contributed by atoms with van der Waals surface area (Å²) in [7, 11) is 0. The molecule has 0 bridgehead atoms. The molecule has 0 radical (unpaired) electrons. The van der Waals surface area contributed by atoms with E-state index in [1.165, 1.54) is 5.56 Å². The zero-order valence-electron chi connectivity index (χ0n) is 9.37. The average Bonchev–Trinajstić information content (AvgIpc) is 2.31. The van der Waals surface area contributed by atoms with Crippen molar-refractivity contribution in [1.82, 2.24) is 4.98 Å². The third kappa shape index (κ3) is 3.54. The lowest BCUT2D eigenvalue weighted by molar-refractivity contribution is 1.03. The first-order valence-electron chi connectivity index (χ1n) is 5.26. The number of hydrogen-bond donors (Lipinski definition) is 1. The predicted octanol–water partition coefficient (Wildman–Crippen LogP) is 4.53. The number of aryl methyl sites for hydroxylation is 1. The fourth-order valence-corrected chi connectivity index (χ4v) is 2.20. The molecule has 0 aliphatic rings. The predicted molar refractivity (Wildman–Crippen MR) is 78.1 cm³/mol. The first-order valence-corrected chi connectivity index (χ1v) is 6.85. The smallest absolute Gasteiger partial charge is 0.106 e. The van der Waals surface area contributed by atoms with Crippen LogP contribution in [0, 0.1) is 6.92 Å². The van der Waals surface area contributed by atoms with Crippen LogP contribution in [0.2, 0.25) is 0 Å². The van der Waals surface area contributed by atoms with Crippen LogP contribution in [0.1, 0.15) is 11.3 Å². The molecule has 2 nitrogen and oxygen atoms in total. The van der Waals surface area contributed by atoms with E-state index < -0.39 is 0 Å². The summed E-state index contributed by atoms with van der Waals surface area (Å²) < 4.78 is 1.98. The van der Waals surface area contributed by atoms with Gasteiger partial charge < -0.3 is 5.32 Å². The molecule has 1 heterocycles. The lowest BCUT2D eigenvalue weighted by Gasteiger charge is -2.07. The fourth-order valence-electron chi connectivity index (χ4n) is 1.44. The Bertz CT molecular complexity index is 527. The van der Waals surface area contributed by atoms with Gasteiger partial charge in [0.2, 0.25) is 0 Å². The number of benzene rings is 1. The Kier molecular flexibility index (Phi) is 4.18. The third-order valence-electron chi connectivity index (χ3n) is 2.42. The number of nitrogens with one attached hydrogen (secondary N) is 1. The maximum Gasteiger partial charge on any atom is 0.106 e. The molecule has 0 spiro atoms. The highest BCUT2D eigenvalue weighted by Gasteiger charge is 1.99. The van der Waals surface area contributed by atoms with Gasteiger partial charge in [-0.1, -0.05) is 28.1 Å². The normalized spacial score (nSPS) is 10.3. The van der Waals surface area contributed by atoms with Gasteiger partial charge in [0.15, 0.2) is 0 Å². The summed E-state index contributed by atoms with van der Waals surface area (Å²) in [6.45, 7) is 2.79. The van der Waals surface area contributed by atoms with Gasteiger partial charge in [0, 0.05) is 10.2 Å². The molecule has 1 aromatic heterocycles. The lowest BCUT2D eigenvalue weighted by atomic mass is 10.2. The molecule has 88 valence electrons. The van der Waals surface area contributed by atoms with Crippen molar-refractivity contribution in [2.24, 2.45) is 0 Å². The van der Waals surface area contributed by atoms with Crippen LogP contribution in [-0.2, 0) is 6.54 Å². The summed E-state index contributed by atoms with van der Waals surface area (Å²) in [5.74, 6) is 0. The summed E-state index contributed by atoms with van der Waals surface area (Å²) in [5, 5.41) is 3.34. The summed E-state index contributed by atoms with van der Waals surface area (Å²) >= 11 is 6.88. The molecular weight excluding hydrogens is 344 g/mol.